The van der Waals surface area contributed by atoms with Gasteiger partial charge in [-0.25, -0.2) is 0 Å². The fraction of sp³-hybridized carbons (Fsp3) is 0. The van der Waals surface area contributed by atoms with E-state index in [0.717, 1.165) is 11.1 Å². The van der Waals surface area contributed by atoms with Gasteiger partial charge >= 0.3 is 0 Å². The number of aromatic hydroxyl groups is 1. The van der Waals surface area contributed by atoms with Crippen LogP contribution in [0.15, 0.2) is 116 Å². The van der Waals surface area contributed by atoms with Crippen molar-refractivity contribution in [1.29, 1.82) is 0 Å². The molecule has 0 radical (unpaired) electrons. The first-order valence-corrected chi connectivity index (χ1v) is 13.2. The number of nitrogens with zero attached hydrogens (tertiary/aromatic N) is 4. The average Bonchev–Trinajstić information content (AvgIpc) is 2.92. The summed E-state index contributed by atoms with van der Waals surface area (Å²) in [6, 6.07) is 25.1. The molecule has 0 spiro atoms. The van der Waals surface area contributed by atoms with Crippen LogP contribution in [0.5, 0.6) is 5.75 Å². The average molecular weight is 554 g/mol. The Morgan fingerprint density at radius 2 is 1.18 bits per heavy atom. The number of anilines is 3. The first-order valence-electron chi connectivity index (χ1n) is 11.8. The molecule has 8 N–H and O–H groups in total. The third kappa shape index (κ3) is 5.57. The zero-order valence-corrected chi connectivity index (χ0v) is 21.6. The summed E-state index contributed by atoms with van der Waals surface area (Å²) in [6.45, 7) is 0. The van der Waals surface area contributed by atoms with E-state index in [9.17, 15) is 18.1 Å². The molecule has 11 nitrogen and oxygen atoms in total. The second kappa shape index (κ2) is 10.4. The number of fused-ring (bicyclic) bond motifs is 1. The molecule has 200 valence electrons. The molecule has 0 aliphatic rings. The van der Waals surface area contributed by atoms with Gasteiger partial charge in [0, 0.05) is 16.8 Å². The topological polar surface area (TPSA) is 202 Å². The lowest BCUT2D eigenvalue weighted by Gasteiger charge is -2.09. The molecule has 0 saturated carbocycles. The van der Waals surface area contributed by atoms with Gasteiger partial charge in [0.05, 0.1) is 17.1 Å². The number of hydrogen-bond donors (Lipinski definition) is 5. The molecule has 0 aromatic heterocycles. The summed E-state index contributed by atoms with van der Waals surface area (Å²) in [5.74, 6) is -0.464. The highest BCUT2D eigenvalue weighted by molar-refractivity contribution is 7.86. The Kier molecular flexibility index (Phi) is 6.86. The van der Waals surface area contributed by atoms with Gasteiger partial charge in [-0.3, -0.25) is 4.55 Å². The smallest absolute Gasteiger partial charge is 0.296 e. The summed E-state index contributed by atoms with van der Waals surface area (Å²) in [4.78, 5) is -0.570. The third-order valence-corrected chi connectivity index (χ3v) is 6.88. The van der Waals surface area contributed by atoms with E-state index >= 15 is 0 Å². The van der Waals surface area contributed by atoms with Crippen LogP contribution in [-0.4, -0.2) is 18.1 Å². The molecule has 5 aromatic rings. The number of phenolic OH excluding ortho intramolecular Hbond substituents is 1. The molecule has 5 rings (SSSR count). The quantitative estimate of drug-likeness (QED) is 0.0842. The van der Waals surface area contributed by atoms with Crippen LogP contribution in [0, 0.1) is 0 Å². The van der Waals surface area contributed by atoms with Gasteiger partial charge in [0.15, 0.2) is 5.75 Å². The van der Waals surface area contributed by atoms with Crippen molar-refractivity contribution in [2.24, 2.45) is 20.5 Å². The van der Waals surface area contributed by atoms with E-state index in [-0.39, 0.29) is 5.39 Å². The van der Waals surface area contributed by atoms with Gasteiger partial charge in [-0.2, -0.15) is 18.6 Å². The maximum absolute atomic E-state index is 12.0. The maximum Gasteiger partial charge on any atom is 0.296 e. The lowest BCUT2D eigenvalue weighted by Crippen LogP contribution is -1.99. The normalized spacial score (nSPS) is 12.0. The minimum atomic E-state index is -4.70. The number of nitrogens with two attached hydrogens (primary N) is 3. The van der Waals surface area contributed by atoms with Crippen LogP contribution in [0.1, 0.15) is 0 Å². The highest BCUT2D eigenvalue weighted by Gasteiger charge is 2.22. The molecule has 0 aliphatic carbocycles. The molecule has 0 bridgehead atoms. The first-order chi connectivity index (χ1) is 19.1. The number of hydrogen-bond acceptors (Lipinski definition) is 10. The number of rotatable bonds is 6. The monoisotopic (exact) mass is 553 g/mol. The molecule has 5 aromatic carbocycles. The van der Waals surface area contributed by atoms with E-state index < -0.39 is 26.5 Å². The minimum Gasteiger partial charge on any atom is -0.505 e. The molecule has 0 unspecified atom stereocenters. The Hall–Kier alpha value is -5.33. The van der Waals surface area contributed by atoms with Crippen molar-refractivity contribution in [3.63, 3.8) is 0 Å². The SMILES string of the molecule is Nc1ccc(N=Nc2ccc(-c3ccc(N=Nc4c(S(=O)(=O)O)cc5ccc(N)cc5c4O)cc3)cc2)c(N)c1. The van der Waals surface area contributed by atoms with Gasteiger partial charge < -0.3 is 22.3 Å². The lowest BCUT2D eigenvalue weighted by atomic mass is 10.1. The van der Waals surface area contributed by atoms with Crippen LogP contribution < -0.4 is 17.2 Å². The standard InChI is InChI=1S/C28H23N7O4S/c29-19-6-1-18-13-26(40(37,38)39)27(28(36)23(18)14-19)35-33-22-10-4-17(5-11-22)16-2-8-21(9-3-16)32-34-25-12-7-20(30)15-24(25)31/h1-15,36H,29-31H2,(H,37,38,39). The Balaban J connectivity index is 1.37. The van der Waals surface area contributed by atoms with Crippen LogP contribution in [-0.2, 0) is 10.1 Å². The summed E-state index contributed by atoms with van der Waals surface area (Å²) >= 11 is 0. The van der Waals surface area contributed by atoms with Crippen molar-refractivity contribution < 1.29 is 18.1 Å². The highest BCUT2D eigenvalue weighted by atomic mass is 32.2. The van der Waals surface area contributed by atoms with Crippen molar-refractivity contribution in [2.45, 2.75) is 4.90 Å². The van der Waals surface area contributed by atoms with Gasteiger partial charge in [-0.05, 0) is 77.2 Å². The molecular formula is C28H23N7O4S. The van der Waals surface area contributed by atoms with E-state index in [1.54, 1.807) is 36.4 Å². The molecule has 0 amide bonds. The van der Waals surface area contributed by atoms with Crippen LogP contribution in [0.4, 0.5) is 39.8 Å². The Labute approximate surface area is 229 Å². The van der Waals surface area contributed by atoms with Crippen molar-refractivity contribution in [3.05, 3.63) is 91.0 Å². The van der Waals surface area contributed by atoms with Crippen LogP contribution in [0.2, 0.25) is 0 Å². The minimum absolute atomic E-state index is 0.275. The summed E-state index contributed by atoms with van der Waals surface area (Å²) in [6.07, 6.45) is 0. The van der Waals surface area contributed by atoms with Gasteiger partial charge in [0.2, 0.25) is 0 Å². The Bertz CT molecular complexity index is 1910. The second-order valence-corrected chi connectivity index (χ2v) is 10.2. The predicted octanol–water partition coefficient (Wildman–Crippen LogP) is 7.04. The van der Waals surface area contributed by atoms with Crippen molar-refractivity contribution >= 4 is 60.7 Å². The molecule has 12 heteroatoms. The van der Waals surface area contributed by atoms with E-state index in [1.165, 1.54) is 18.2 Å². The van der Waals surface area contributed by atoms with Gasteiger partial charge in [0.1, 0.15) is 16.3 Å². The number of benzene rings is 5. The zero-order valence-electron chi connectivity index (χ0n) is 20.8. The summed E-state index contributed by atoms with van der Waals surface area (Å²) in [7, 11) is -4.70. The molecule has 40 heavy (non-hydrogen) atoms. The van der Waals surface area contributed by atoms with E-state index in [1.807, 2.05) is 36.4 Å². The second-order valence-electron chi connectivity index (χ2n) is 8.84. The molecule has 0 heterocycles. The predicted molar refractivity (Wildman–Crippen MR) is 155 cm³/mol. The number of azo groups is 2. The Morgan fingerprint density at radius 1 is 0.625 bits per heavy atom. The van der Waals surface area contributed by atoms with Crippen molar-refractivity contribution in [1.82, 2.24) is 0 Å². The van der Waals surface area contributed by atoms with Gasteiger partial charge in [-0.15, -0.1) is 10.2 Å². The first kappa shape index (κ1) is 26.3. The molecule has 0 fully saturated rings. The fourth-order valence-corrected chi connectivity index (χ4v) is 4.63. The van der Waals surface area contributed by atoms with E-state index in [2.05, 4.69) is 20.5 Å². The highest BCUT2D eigenvalue weighted by Crippen LogP contribution is 2.42. The van der Waals surface area contributed by atoms with Gasteiger partial charge in [0.25, 0.3) is 10.1 Å². The largest absolute Gasteiger partial charge is 0.505 e. The van der Waals surface area contributed by atoms with Crippen LogP contribution >= 0.6 is 0 Å². The van der Waals surface area contributed by atoms with Crippen LogP contribution in [0.25, 0.3) is 21.9 Å². The summed E-state index contributed by atoms with van der Waals surface area (Å²) < 4.78 is 33.7. The van der Waals surface area contributed by atoms with E-state index in [0.29, 0.717) is 39.5 Å². The third-order valence-electron chi connectivity index (χ3n) is 6.01. The summed E-state index contributed by atoms with van der Waals surface area (Å²) in [5, 5.41) is 27.8. The Morgan fingerprint density at radius 3 is 1.75 bits per heavy atom. The fourth-order valence-electron chi connectivity index (χ4n) is 3.98. The van der Waals surface area contributed by atoms with Crippen molar-refractivity contribution in [3.8, 4) is 16.9 Å². The van der Waals surface area contributed by atoms with Gasteiger partial charge in [-0.1, -0.05) is 30.3 Å². The maximum atomic E-state index is 12.0. The van der Waals surface area contributed by atoms with E-state index in [4.69, 9.17) is 17.2 Å². The van der Waals surface area contributed by atoms with Crippen LogP contribution in [0.3, 0.4) is 0 Å². The molecular weight excluding hydrogens is 530 g/mol. The number of phenols is 1. The molecule has 0 aliphatic heterocycles. The molecule has 0 saturated heterocycles. The number of nitrogen functional groups attached to an aromatic ring is 3. The zero-order chi connectivity index (χ0) is 28.4. The summed E-state index contributed by atoms with van der Waals surface area (Å²) in [5.41, 5.74) is 21.7. The lowest BCUT2D eigenvalue weighted by molar-refractivity contribution is 0.472. The van der Waals surface area contributed by atoms with Crippen molar-refractivity contribution in [2.75, 3.05) is 17.2 Å². The molecule has 0 atom stereocenters.